The molecule has 5 nitrogen and oxygen atoms in total. The number of aldehydes is 1. The summed E-state index contributed by atoms with van der Waals surface area (Å²) in [4.78, 5) is 26.2. The van der Waals surface area contributed by atoms with Crippen LogP contribution in [0.1, 0.15) is 16.3 Å². The number of carbonyl (C=O) groups is 2. The van der Waals surface area contributed by atoms with E-state index in [0.717, 1.165) is 10.8 Å². The second-order valence-electron chi connectivity index (χ2n) is 3.34. The molecule has 0 aliphatic heterocycles. The SMILES string of the molecule is COC(=O)c1nc(CC=O)n2cc(Br)ccc12. The molecule has 0 spiro atoms. The van der Waals surface area contributed by atoms with E-state index in [2.05, 4.69) is 25.7 Å². The van der Waals surface area contributed by atoms with Crippen molar-refractivity contribution in [2.24, 2.45) is 0 Å². The number of ether oxygens (including phenoxy) is 1. The number of methoxy groups -OCH3 is 1. The Kier molecular flexibility index (Phi) is 3.23. The van der Waals surface area contributed by atoms with Gasteiger partial charge in [0.1, 0.15) is 12.1 Å². The van der Waals surface area contributed by atoms with Gasteiger partial charge >= 0.3 is 5.97 Å². The maximum absolute atomic E-state index is 11.5. The highest BCUT2D eigenvalue weighted by Crippen LogP contribution is 2.18. The van der Waals surface area contributed by atoms with Crippen molar-refractivity contribution in [3.05, 3.63) is 34.3 Å². The van der Waals surface area contributed by atoms with Crippen molar-refractivity contribution in [2.45, 2.75) is 6.42 Å². The largest absolute Gasteiger partial charge is 0.464 e. The summed E-state index contributed by atoms with van der Waals surface area (Å²) in [5, 5.41) is 0. The molecule has 0 fully saturated rings. The van der Waals surface area contributed by atoms with Crippen molar-refractivity contribution in [3.63, 3.8) is 0 Å². The fourth-order valence-corrected chi connectivity index (χ4v) is 1.92. The van der Waals surface area contributed by atoms with Gasteiger partial charge in [0.2, 0.25) is 0 Å². The van der Waals surface area contributed by atoms with Crippen molar-refractivity contribution in [1.82, 2.24) is 9.38 Å². The average Bonchev–Trinajstić information content (AvgIpc) is 2.67. The lowest BCUT2D eigenvalue weighted by Gasteiger charge is -1.98. The maximum atomic E-state index is 11.5. The van der Waals surface area contributed by atoms with Gasteiger partial charge in [-0.2, -0.15) is 0 Å². The highest BCUT2D eigenvalue weighted by molar-refractivity contribution is 9.10. The molecule has 0 unspecified atom stereocenters. The molecule has 0 saturated carbocycles. The maximum Gasteiger partial charge on any atom is 0.358 e. The molecule has 2 aromatic heterocycles. The number of halogens is 1. The lowest BCUT2D eigenvalue weighted by atomic mass is 10.3. The molecule has 0 amide bonds. The Bertz CT molecular complexity index is 592. The summed E-state index contributed by atoms with van der Waals surface area (Å²) in [6, 6.07) is 3.55. The van der Waals surface area contributed by atoms with Gasteiger partial charge in [-0.25, -0.2) is 9.78 Å². The van der Waals surface area contributed by atoms with Crippen molar-refractivity contribution in [1.29, 1.82) is 0 Å². The number of hydrogen-bond donors (Lipinski definition) is 0. The predicted molar refractivity (Wildman–Crippen MR) is 64.0 cm³/mol. The molecule has 0 atom stereocenters. The van der Waals surface area contributed by atoms with E-state index in [1.54, 1.807) is 22.7 Å². The second-order valence-corrected chi connectivity index (χ2v) is 4.26. The first-order valence-corrected chi connectivity index (χ1v) is 5.65. The molecule has 17 heavy (non-hydrogen) atoms. The lowest BCUT2D eigenvalue weighted by Crippen LogP contribution is -2.02. The Morgan fingerprint density at radius 1 is 1.59 bits per heavy atom. The number of fused-ring (bicyclic) bond motifs is 1. The summed E-state index contributed by atoms with van der Waals surface area (Å²) in [6.07, 6.45) is 2.65. The Morgan fingerprint density at radius 2 is 2.35 bits per heavy atom. The van der Waals surface area contributed by atoms with Crippen LogP contribution in [0.3, 0.4) is 0 Å². The minimum Gasteiger partial charge on any atom is -0.464 e. The number of nitrogens with zero attached hydrogens (tertiary/aromatic N) is 2. The summed E-state index contributed by atoms with van der Waals surface area (Å²) in [7, 11) is 1.30. The Labute approximate surface area is 106 Å². The van der Waals surface area contributed by atoms with E-state index in [0.29, 0.717) is 11.3 Å². The molecule has 0 N–H and O–H groups in total. The molecule has 0 bridgehead atoms. The van der Waals surface area contributed by atoms with Gasteiger partial charge in [-0.15, -0.1) is 0 Å². The first-order chi connectivity index (χ1) is 8.17. The molecular formula is C11H9BrN2O3. The third-order valence-corrected chi connectivity index (χ3v) is 2.79. The number of rotatable bonds is 3. The molecular weight excluding hydrogens is 288 g/mol. The number of hydrogen-bond acceptors (Lipinski definition) is 4. The molecule has 0 aromatic carbocycles. The van der Waals surface area contributed by atoms with Gasteiger partial charge in [0.25, 0.3) is 0 Å². The number of esters is 1. The molecule has 0 saturated heterocycles. The van der Waals surface area contributed by atoms with Crippen LogP contribution in [0.25, 0.3) is 5.52 Å². The van der Waals surface area contributed by atoms with Crippen LogP contribution >= 0.6 is 15.9 Å². The van der Waals surface area contributed by atoms with Crippen molar-refractivity contribution < 1.29 is 14.3 Å². The molecule has 2 rings (SSSR count). The number of pyridine rings is 1. The fourth-order valence-electron chi connectivity index (χ4n) is 1.59. The van der Waals surface area contributed by atoms with Crippen molar-refractivity contribution in [3.8, 4) is 0 Å². The first kappa shape index (κ1) is 11.8. The van der Waals surface area contributed by atoms with Crippen LogP contribution < -0.4 is 0 Å². The topological polar surface area (TPSA) is 60.7 Å². The highest BCUT2D eigenvalue weighted by atomic mass is 79.9. The van der Waals surface area contributed by atoms with E-state index < -0.39 is 5.97 Å². The van der Waals surface area contributed by atoms with Gasteiger partial charge in [0, 0.05) is 10.7 Å². The van der Waals surface area contributed by atoms with Gasteiger partial charge in [-0.05, 0) is 28.1 Å². The minimum absolute atomic E-state index is 0.147. The Balaban J connectivity index is 2.69. The van der Waals surface area contributed by atoms with Gasteiger partial charge in [-0.1, -0.05) is 0 Å². The van der Waals surface area contributed by atoms with E-state index in [4.69, 9.17) is 0 Å². The minimum atomic E-state index is -0.512. The van der Waals surface area contributed by atoms with Gasteiger partial charge in [0.05, 0.1) is 19.0 Å². The van der Waals surface area contributed by atoms with Crippen molar-refractivity contribution in [2.75, 3.05) is 7.11 Å². The smallest absolute Gasteiger partial charge is 0.358 e. The quantitative estimate of drug-likeness (QED) is 0.638. The molecule has 0 aliphatic rings. The molecule has 2 aromatic rings. The van der Waals surface area contributed by atoms with Gasteiger partial charge in [0.15, 0.2) is 5.69 Å². The van der Waals surface area contributed by atoms with Crippen LogP contribution in [0.5, 0.6) is 0 Å². The molecule has 0 aliphatic carbocycles. The van der Waals surface area contributed by atoms with E-state index in [9.17, 15) is 9.59 Å². The Morgan fingerprint density at radius 3 is 3.00 bits per heavy atom. The van der Waals surface area contributed by atoms with Gasteiger partial charge < -0.3 is 13.9 Å². The van der Waals surface area contributed by atoms with Crippen LogP contribution in [0.4, 0.5) is 0 Å². The lowest BCUT2D eigenvalue weighted by molar-refractivity contribution is -0.107. The Hall–Kier alpha value is -1.69. The summed E-state index contributed by atoms with van der Waals surface area (Å²) in [5.74, 6) is -0.00123. The zero-order chi connectivity index (χ0) is 12.4. The standard InChI is InChI=1S/C11H9BrN2O3/c1-17-11(16)10-8-3-2-7(12)6-14(8)9(13-10)4-5-15/h2-3,5-6H,4H2,1H3. The van der Waals surface area contributed by atoms with E-state index in [1.807, 2.05) is 0 Å². The van der Waals surface area contributed by atoms with Crippen LogP contribution in [0, 0.1) is 0 Å². The van der Waals surface area contributed by atoms with E-state index in [-0.39, 0.29) is 12.1 Å². The summed E-state index contributed by atoms with van der Waals surface area (Å²) >= 11 is 3.33. The van der Waals surface area contributed by atoms with Crippen LogP contribution in [0.2, 0.25) is 0 Å². The normalized spacial score (nSPS) is 10.5. The number of aromatic nitrogens is 2. The third kappa shape index (κ3) is 2.08. The van der Waals surface area contributed by atoms with E-state index >= 15 is 0 Å². The monoisotopic (exact) mass is 296 g/mol. The first-order valence-electron chi connectivity index (χ1n) is 4.85. The average molecular weight is 297 g/mol. The van der Waals surface area contributed by atoms with Gasteiger partial charge in [-0.3, -0.25) is 0 Å². The second kappa shape index (κ2) is 4.67. The zero-order valence-electron chi connectivity index (χ0n) is 9.01. The zero-order valence-corrected chi connectivity index (χ0v) is 10.6. The third-order valence-electron chi connectivity index (χ3n) is 2.32. The fraction of sp³-hybridized carbons (Fsp3) is 0.182. The molecule has 2 heterocycles. The predicted octanol–water partition coefficient (Wildman–Crippen LogP) is 1.62. The summed E-state index contributed by atoms with van der Waals surface area (Å²) < 4.78 is 7.19. The number of carbonyl (C=O) groups excluding carboxylic acids is 2. The molecule has 0 radical (unpaired) electrons. The van der Waals surface area contributed by atoms with Crippen molar-refractivity contribution >= 4 is 33.7 Å². The number of imidazole rings is 1. The summed E-state index contributed by atoms with van der Waals surface area (Å²) in [5.41, 5.74) is 0.841. The van der Waals surface area contributed by atoms with Crippen LogP contribution in [0.15, 0.2) is 22.8 Å². The van der Waals surface area contributed by atoms with E-state index in [1.165, 1.54) is 7.11 Å². The molecule has 6 heteroatoms. The highest BCUT2D eigenvalue weighted by Gasteiger charge is 2.17. The van der Waals surface area contributed by atoms with Crippen LogP contribution in [-0.4, -0.2) is 28.7 Å². The summed E-state index contributed by atoms with van der Waals surface area (Å²) in [6.45, 7) is 0. The molecule has 88 valence electrons. The van der Waals surface area contributed by atoms with Crippen LogP contribution in [-0.2, 0) is 16.0 Å².